The van der Waals surface area contributed by atoms with Crippen LogP contribution < -0.4 is 0 Å². The van der Waals surface area contributed by atoms with E-state index in [1.807, 2.05) is 0 Å². The summed E-state index contributed by atoms with van der Waals surface area (Å²) in [4.78, 5) is 0. The minimum atomic E-state index is 0.765. The van der Waals surface area contributed by atoms with Crippen molar-refractivity contribution >= 4 is 10.8 Å². The molecule has 0 heteroatoms. The van der Waals surface area contributed by atoms with E-state index in [4.69, 9.17) is 0 Å². The van der Waals surface area contributed by atoms with Gasteiger partial charge in [-0.1, -0.05) is 66.6 Å². The van der Waals surface area contributed by atoms with Gasteiger partial charge in [0.1, 0.15) is 0 Å². The molecule has 1 aliphatic rings. The van der Waals surface area contributed by atoms with Gasteiger partial charge in [-0.15, -0.1) is 0 Å². The van der Waals surface area contributed by atoms with Crippen LogP contribution in [-0.4, -0.2) is 0 Å². The topological polar surface area (TPSA) is 0 Å². The van der Waals surface area contributed by atoms with Crippen LogP contribution in [0.4, 0.5) is 0 Å². The molecule has 3 aromatic rings. The lowest BCUT2D eigenvalue weighted by molar-refractivity contribution is 0.420. The molecule has 1 saturated carbocycles. The Labute approximate surface area is 132 Å². The summed E-state index contributed by atoms with van der Waals surface area (Å²) in [5.41, 5.74) is 7.19. The largest absolute Gasteiger partial charge is 0.0616 e. The van der Waals surface area contributed by atoms with Gasteiger partial charge in [0.05, 0.1) is 0 Å². The van der Waals surface area contributed by atoms with Crippen LogP contribution in [0.3, 0.4) is 0 Å². The highest BCUT2D eigenvalue weighted by Crippen LogP contribution is 2.42. The average Bonchev–Trinajstić information content (AvgIpc) is 2.47. The van der Waals surface area contributed by atoms with Gasteiger partial charge in [0.2, 0.25) is 0 Å². The highest BCUT2D eigenvalue weighted by atomic mass is 14.3. The number of hydrogen-bond donors (Lipinski definition) is 0. The molecule has 0 amide bonds. The van der Waals surface area contributed by atoms with Crippen LogP contribution in [0, 0.1) is 13.8 Å². The minimum absolute atomic E-state index is 0.765. The molecule has 0 unspecified atom stereocenters. The highest BCUT2D eigenvalue weighted by Gasteiger charge is 2.23. The third-order valence-corrected chi connectivity index (χ3v) is 5.24. The number of benzene rings is 3. The van der Waals surface area contributed by atoms with E-state index >= 15 is 0 Å². The van der Waals surface area contributed by atoms with Crippen molar-refractivity contribution in [3.8, 4) is 11.1 Å². The minimum Gasteiger partial charge on any atom is -0.0616 e. The van der Waals surface area contributed by atoms with Crippen LogP contribution in [0.25, 0.3) is 21.9 Å². The lowest BCUT2D eigenvalue weighted by atomic mass is 9.76. The zero-order valence-electron chi connectivity index (χ0n) is 13.4. The maximum atomic E-state index is 2.41. The van der Waals surface area contributed by atoms with Crippen LogP contribution in [0.15, 0.2) is 54.6 Å². The van der Waals surface area contributed by atoms with Crippen molar-refractivity contribution in [2.75, 3.05) is 0 Å². The van der Waals surface area contributed by atoms with E-state index in [9.17, 15) is 0 Å². The fourth-order valence-corrected chi connectivity index (χ4v) is 3.70. The summed E-state index contributed by atoms with van der Waals surface area (Å²) in [7, 11) is 0. The molecule has 0 spiro atoms. The zero-order valence-corrected chi connectivity index (χ0v) is 13.4. The molecular formula is C22H22. The summed E-state index contributed by atoms with van der Waals surface area (Å²) in [5, 5.41) is 2.71. The molecule has 1 aliphatic carbocycles. The van der Waals surface area contributed by atoms with Crippen molar-refractivity contribution in [1.82, 2.24) is 0 Å². The normalized spacial score (nSPS) is 15.0. The molecule has 0 N–H and O–H groups in total. The first-order valence-electron chi connectivity index (χ1n) is 8.33. The van der Waals surface area contributed by atoms with Gasteiger partial charge >= 0.3 is 0 Å². The summed E-state index contributed by atoms with van der Waals surface area (Å²) < 4.78 is 0. The Morgan fingerprint density at radius 3 is 2.36 bits per heavy atom. The first-order chi connectivity index (χ1) is 10.7. The van der Waals surface area contributed by atoms with E-state index in [-0.39, 0.29) is 0 Å². The van der Waals surface area contributed by atoms with Gasteiger partial charge in [0.15, 0.2) is 0 Å². The van der Waals surface area contributed by atoms with Crippen LogP contribution in [0.2, 0.25) is 0 Å². The van der Waals surface area contributed by atoms with Gasteiger partial charge in [-0.3, -0.25) is 0 Å². The fourth-order valence-electron chi connectivity index (χ4n) is 3.70. The Morgan fingerprint density at radius 1 is 0.818 bits per heavy atom. The monoisotopic (exact) mass is 286 g/mol. The number of rotatable bonds is 2. The van der Waals surface area contributed by atoms with Crippen molar-refractivity contribution in [1.29, 1.82) is 0 Å². The van der Waals surface area contributed by atoms with Gasteiger partial charge in [-0.25, -0.2) is 0 Å². The highest BCUT2D eigenvalue weighted by molar-refractivity contribution is 5.92. The first-order valence-corrected chi connectivity index (χ1v) is 8.33. The van der Waals surface area contributed by atoms with E-state index in [1.165, 1.54) is 52.3 Å². The van der Waals surface area contributed by atoms with Gasteiger partial charge in [-0.2, -0.15) is 0 Å². The molecule has 0 aromatic heterocycles. The summed E-state index contributed by atoms with van der Waals surface area (Å²) in [5.74, 6) is 0.765. The van der Waals surface area contributed by atoms with E-state index in [2.05, 4.69) is 68.4 Å². The number of fused-ring (bicyclic) bond motifs is 1. The zero-order chi connectivity index (χ0) is 15.1. The lowest BCUT2D eigenvalue weighted by Crippen LogP contribution is -2.10. The van der Waals surface area contributed by atoms with E-state index in [0.29, 0.717) is 0 Å². The lowest BCUT2D eigenvalue weighted by Gasteiger charge is -2.29. The second kappa shape index (κ2) is 5.28. The third kappa shape index (κ3) is 2.14. The third-order valence-electron chi connectivity index (χ3n) is 5.24. The molecule has 0 nitrogen and oxygen atoms in total. The second-order valence-electron chi connectivity index (χ2n) is 6.68. The van der Waals surface area contributed by atoms with E-state index in [1.54, 1.807) is 5.56 Å². The van der Waals surface area contributed by atoms with E-state index in [0.717, 1.165) is 5.92 Å². The average molecular weight is 286 g/mol. The molecule has 0 aliphatic heterocycles. The number of aryl methyl sites for hydroxylation is 2. The predicted molar refractivity (Wildman–Crippen MR) is 95.5 cm³/mol. The van der Waals surface area contributed by atoms with Crippen molar-refractivity contribution in [2.45, 2.75) is 39.0 Å². The Balaban J connectivity index is 1.93. The maximum absolute atomic E-state index is 2.41. The summed E-state index contributed by atoms with van der Waals surface area (Å²) in [6, 6.07) is 20.3. The molecule has 3 aromatic carbocycles. The molecule has 22 heavy (non-hydrogen) atoms. The van der Waals surface area contributed by atoms with E-state index < -0.39 is 0 Å². The Morgan fingerprint density at radius 2 is 1.59 bits per heavy atom. The van der Waals surface area contributed by atoms with Crippen molar-refractivity contribution < 1.29 is 0 Å². The molecule has 1 fully saturated rings. The van der Waals surface area contributed by atoms with Crippen LogP contribution in [0.1, 0.15) is 41.9 Å². The van der Waals surface area contributed by atoms with Crippen molar-refractivity contribution in [2.24, 2.45) is 0 Å². The predicted octanol–water partition coefficient (Wildman–Crippen LogP) is 6.39. The molecule has 0 atom stereocenters. The van der Waals surface area contributed by atoms with Crippen LogP contribution >= 0.6 is 0 Å². The molecule has 0 heterocycles. The second-order valence-corrected chi connectivity index (χ2v) is 6.68. The Hall–Kier alpha value is -2.08. The van der Waals surface area contributed by atoms with Gasteiger partial charge in [0, 0.05) is 0 Å². The molecule has 0 bridgehead atoms. The maximum Gasteiger partial charge on any atom is -0.0145 e. The molecule has 0 radical (unpaired) electrons. The van der Waals surface area contributed by atoms with Crippen LogP contribution in [0.5, 0.6) is 0 Å². The van der Waals surface area contributed by atoms with Crippen molar-refractivity contribution in [3.63, 3.8) is 0 Å². The summed E-state index contributed by atoms with van der Waals surface area (Å²) in [6.07, 6.45) is 4.08. The quantitative estimate of drug-likeness (QED) is 0.512. The van der Waals surface area contributed by atoms with Crippen molar-refractivity contribution in [3.05, 3.63) is 71.3 Å². The SMILES string of the molecule is Cc1ccc(-c2ccc3ccccc3c2C)c(C2CCC2)c1. The standard InChI is InChI=1S/C22H22/c1-15-10-12-21(22(14-15)17-7-5-8-17)20-13-11-18-6-3-4-9-19(18)16(20)2/h3-4,6,9-14,17H,5,7-8H2,1-2H3. The summed E-state index contributed by atoms with van der Waals surface area (Å²) in [6.45, 7) is 4.47. The smallest absolute Gasteiger partial charge is 0.0145 e. The molecule has 0 saturated heterocycles. The molecule has 110 valence electrons. The van der Waals surface area contributed by atoms with Gasteiger partial charge in [0.25, 0.3) is 0 Å². The first kappa shape index (κ1) is 13.6. The van der Waals surface area contributed by atoms with Gasteiger partial charge < -0.3 is 0 Å². The Kier molecular flexibility index (Phi) is 3.26. The number of hydrogen-bond acceptors (Lipinski definition) is 0. The molecular weight excluding hydrogens is 264 g/mol. The molecule has 4 rings (SSSR count). The summed E-state index contributed by atoms with van der Waals surface area (Å²) >= 11 is 0. The van der Waals surface area contributed by atoms with Crippen LogP contribution in [-0.2, 0) is 0 Å². The Bertz CT molecular complexity index is 838. The fraction of sp³-hybridized carbons (Fsp3) is 0.273. The van der Waals surface area contributed by atoms with Gasteiger partial charge in [-0.05, 0) is 65.6 Å².